The molecule has 220 valence electrons. The van der Waals surface area contributed by atoms with Crippen LogP contribution >= 0.6 is 34.4 Å². The van der Waals surface area contributed by atoms with E-state index < -0.39 is 0 Å². The van der Waals surface area contributed by atoms with Gasteiger partial charge >= 0.3 is 0 Å². The standard InChI is InChI=1S/C33H35FIN3O3S/c1-19-14-26-27(36-33(42-5)37-32(26)39)16-25(19)29-30(34)28(15-20(2)31(29)35)38(17-21-6-10-23(40-3)11-7-21)18-22-8-12-24(41-4)13-9-22/h6-13,15,19,25H,14,16-18H2,1-5H3,(H,36,37,39). The highest BCUT2D eigenvalue weighted by atomic mass is 127. The van der Waals surface area contributed by atoms with Gasteiger partial charge in [0.2, 0.25) is 5.88 Å². The normalized spacial score (nSPS) is 16.2. The van der Waals surface area contributed by atoms with Gasteiger partial charge in [-0.25, -0.2) is 9.37 Å². The van der Waals surface area contributed by atoms with E-state index in [1.807, 2.05) is 60.9 Å². The molecule has 0 saturated heterocycles. The second kappa shape index (κ2) is 13.1. The summed E-state index contributed by atoms with van der Waals surface area (Å²) in [7, 11) is 3.30. The first-order valence-electron chi connectivity index (χ1n) is 13.8. The average Bonchev–Trinajstić information content (AvgIpc) is 3.00. The molecule has 0 saturated carbocycles. The lowest BCUT2D eigenvalue weighted by molar-refractivity contribution is 0.375. The summed E-state index contributed by atoms with van der Waals surface area (Å²) in [5.74, 6) is 1.42. The molecule has 2 unspecified atom stereocenters. The van der Waals surface area contributed by atoms with Crippen molar-refractivity contribution in [3.63, 3.8) is 0 Å². The van der Waals surface area contributed by atoms with E-state index in [0.29, 0.717) is 36.8 Å². The molecule has 5 rings (SSSR count). The van der Waals surface area contributed by atoms with Gasteiger partial charge in [-0.15, -0.1) is 0 Å². The van der Waals surface area contributed by atoms with Crippen LogP contribution in [0.3, 0.4) is 0 Å². The molecule has 3 aromatic carbocycles. The van der Waals surface area contributed by atoms with Crippen molar-refractivity contribution in [2.24, 2.45) is 5.92 Å². The molecule has 2 atom stereocenters. The minimum Gasteiger partial charge on any atom is -0.497 e. The fourth-order valence-corrected chi connectivity index (χ4v) is 6.86. The van der Waals surface area contributed by atoms with Gasteiger partial charge in [-0.2, -0.15) is 4.98 Å². The van der Waals surface area contributed by atoms with Crippen molar-refractivity contribution in [2.75, 3.05) is 25.4 Å². The van der Waals surface area contributed by atoms with Crippen LogP contribution < -0.4 is 14.4 Å². The molecule has 6 nitrogen and oxygen atoms in total. The number of benzene rings is 3. The van der Waals surface area contributed by atoms with Gasteiger partial charge in [-0.05, 0) is 107 Å². The first-order chi connectivity index (χ1) is 20.2. The molecule has 0 spiro atoms. The maximum absolute atomic E-state index is 17.0. The van der Waals surface area contributed by atoms with Crippen molar-refractivity contribution in [2.45, 2.75) is 50.9 Å². The summed E-state index contributed by atoms with van der Waals surface area (Å²) in [4.78, 5) is 11.1. The van der Waals surface area contributed by atoms with Crippen LogP contribution in [0.15, 0.2) is 59.8 Å². The number of aromatic hydroxyl groups is 1. The van der Waals surface area contributed by atoms with Crippen molar-refractivity contribution >= 4 is 40.0 Å². The molecular formula is C33H35FIN3O3S. The third-order valence-corrected chi connectivity index (χ3v) is 10.0. The second-order valence-electron chi connectivity index (χ2n) is 10.8. The van der Waals surface area contributed by atoms with Crippen molar-refractivity contribution in [3.8, 4) is 17.4 Å². The van der Waals surface area contributed by atoms with E-state index in [1.165, 1.54) is 11.8 Å². The number of aryl methyl sites for hydroxylation is 1. The number of hydrogen-bond acceptors (Lipinski definition) is 7. The van der Waals surface area contributed by atoms with Crippen LogP contribution in [0.4, 0.5) is 10.1 Å². The van der Waals surface area contributed by atoms with E-state index in [1.54, 1.807) is 14.2 Å². The number of anilines is 1. The Kier molecular flexibility index (Phi) is 9.47. The molecule has 1 heterocycles. The van der Waals surface area contributed by atoms with E-state index in [4.69, 9.17) is 14.5 Å². The van der Waals surface area contributed by atoms with Gasteiger partial charge in [0.25, 0.3) is 0 Å². The molecule has 1 aromatic heterocycles. The number of aromatic nitrogens is 2. The van der Waals surface area contributed by atoms with Crippen molar-refractivity contribution in [3.05, 3.63) is 97.5 Å². The number of halogens is 2. The summed E-state index contributed by atoms with van der Waals surface area (Å²) in [6, 6.07) is 17.8. The Bertz CT molecular complexity index is 1520. The van der Waals surface area contributed by atoms with Gasteiger partial charge < -0.3 is 19.5 Å². The lowest BCUT2D eigenvalue weighted by atomic mass is 9.75. The van der Waals surface area contributed by atoms with Crippen LogP contribution in [-0.2, 0) is 25.9 Å². The van der Waals surface area contributed by atoms with E-state index in [2.05, 4.69) is 46.3 Å². The highest BCUT2D eigenvalue weighted by molar-refractivity contribution is 14.1. The number of nitrogens with zero attached hydrogens (tertiary/aromatic N) is 3. The lowest BCUT2D eigenvalue weighted by Gasteiger charge is -2.34. The maximum atomic E-state index is 17.0. The monoisotopic (exact) mass is 699 g/mol. The van der Waals surface area contributed by atoms with Crippen molar-refractivity contribution < 1.29 is 19.0 Å². The summed E-state index contributed by atoms with van der Waals surface area (Å²) in [5, 5.41) is 11.1. The number of hydrogen-bond donors (Lipinski definition) is 1. The van der Waals surface area contributed by atoms with Crippen molar-refractivity contribution in [1.82, 2.24) is 9.97 Å². The number of ether oxygens (including phenoxy) is 2. The van der Waals surface area contributed by atoms with E-state index in [9.17, 15) is 5.11 Å². The molecule has 1 aliphatic carbocycles. The van der Waals surface area contributed by atoms with Gasteiger partial charge in [0.15, 0.2) is 11.0 Å². The van der Waals surface area contributed by atoms with Gasteiger partial charge in [0.1, 0.15) is 11.5 Å². The maximum Gasteiger partial charge on any atom is 0.218 e. The fraction of sp³-hybridized carbons (Fsp3) is 0.333. The fourth-order valence-electron chi connectivity index (χ4n) is 5.69. The highest BCUT2D eigenvalue weighted by Crippen LogP contribution is 2.44. The Morgan fingerprint density at radius 1 is 0.976 bits per heavy atom. The summed E-state index contributed by atoms with van der Waals surface area (Å²) < 4.78 is 28.6. The van der Waals surface area contributed by atoms with E-state index in [-0.39, 0.29) is 23.5 Å². The summed E-state index contributed by atoms with van der Waals surface area (Å²) in [6.07, 6.45) is 3.04. The molecule has 1 aliphatic rings. The zero-order valence-electron chi connectivity index (χ0n) is 24.4. The topological polar surface area (TPSA) is 67.7 Å². The van der Waals surface area contributed by atoms with Gasteiger partial charge in [0, 0.05) is 27.8 Å². The smallest absolute Gasteiger partial charge is 0.218 e. The van der Waals surface area contributed by atoms with Crippen molar-refractivity contribution in [1.29, 1.82) is 0 Å². The molecule has 1 N–H and O–H groups in total. The van der Waals surface area contributed by atoms with Gasteiger partial charge in [-0.1, -0.05) is 43.0 Å². The first-order valence-corrected chi connectivity index (χ1v) is 16.1. The Balaban J connectivity index is 1.57. The molecule has 4 aromatic rings. The van der Waals surface area contributed by atoms with Crippen LogP contribution in [0.1, 0.15) is 46.4 Å². The third-order valence-electron chi connectivity index (χ3n) is 8.03. The van der Waals surface area contributed by atoms with Crippen LogP contribution in [0.5, 0.6) is 17.4 Å². The van der Waals surface area contributed by atoms with Crippen LogP contribution in [-0.4, -0.2) is 35.5 Å². The SMILES string of the molecule is COc1ccc(CN(Cc2ccc(OC)cc2)c2cc(C)c(I)c(C3Cc4nc(SC)nc(O)c4CC3C)c2F)cc1. The van der Waals surface area contributed by atoms with Crippen LogP contribution in [0, 0.1) is 22.2 Å². The zero-order valence-corrected chi connectivity index (χ0v) is 27.4. The number of fused-ring (bicyclic) bond motifs is 1. The molecule has 0 radical (unpaired) electrons. The Labute approximate surface area is 264 Å². The minimum atomic E-state index is -0.198. The average molecular weight is 700 g/mol. The molecule has 0 bridgehead atoms. The largest absolute Gasteiger partial charge is 0.497 e. The highest BCUT2D eigenvalue weighted by Gasteiger charge is 2.35. The van der Waals surface area contributed by atoms with E-state index >= 15 is 4.39 Å². The predicted octanol–water partition coefficient (Wildman–Crippen LogP) is 7.70. The molecule has 42 heavy (non-hydrogen) atoms. The molecule has 0 fully saturated rings. The second-order valence-corrected chi connectivity index (χ2v) is 12.6. The van der Waals surface area contributed by atoms with Crippen LogP contribution in [0.25, 0.3) is 0 Å². The Morgan fingerprint density at radius 3 is 2.07 bits per heavy atom. The Morgan fingerprint density at radius 2 is 1.55 bits per heavy atom. The zero-order chi connectivity index (χ0) is 30.0. The summed E-state index contributed by atoms with van der Waals surface area (Å²) >= 11 is 3.69. The lowest BCUT2D eigenvalue weighted by Crippen LogP contribution is -2.28. The quantitative estimate of drug-likeness (QED) is 0.109. The number of thioether (sulfide) groups is 1. The summed E-state index contributed by atoms with van der Waals surface area (Å²) in [5.41, 5.74) is 6.02. The molecule has 9 heteroatoms. The number of rotatable bonds is 9. The molecule has 0 aliphatic heterocycles. The van der Waals surface area contributed by atoms with Gasteiger partial charge in [0.05, 0.1) is 25.6 Å². The predicted molar refractivity (Wildman–Crippen MR) is 175 cm³/mol. The van der Waals surface area contributed by atoms with Gasteiger partial charge in [-0.3, -0.25) is 0 Å². The minimum absolute atomic E-state index is 0.0416. The molecular weight excluding hydrogens is 664 g/mol. The Hall–Kier alpha value is -3.05. The third kappa shape index (κ3) is 6.32. The number of methoxy groups -OCH3 is 2. The first kappa shape index (κ1) is 30.4. The van der Waals surface area contributed by atoms with E-state index in [0.717, 1.165) is 48.6 Å². The summed E-state index contributed by atoms with van der Waals surface area (Å²) in [6.45, 7) is 5.22. The van der Waals surface area contributed by atoms with Crippen LogP contribution in [0.2, 0.25) is 0 Å². The molecule has 0 amide bonds.